The highest BCUT2D eigenvalue weighted by Crippen LogP contribution is 2.21. The van der Waals surface area contributed by atoms with Crippen molar-refractivity contribution in [3.63, 3.8) is 0 Å². The van der Waals surface area contributed by atoms with Gasteiger partial charge in [-0.15, -0.1) is 0 Å². The van der Waals surface area contributed by atoms with E-state index in [1.165, 1.54) is 37.1 Å². The van der Waals surface area contributed by atoms with E-state index in [1.54, 1.807) is 0 Å². The van der Waals surface area contributed by atoms with E-state index in [1.807, 2.05) is 10.9 Å². The molecule has 1 aliphatic heterocycles. The van der Waals surface area contributed by atoms with E-state index in [-0.39, 0.29) is 0 Å². The van der Waals surface area contributed by atoms with Gasteiger partial charge in [0, 0.05) is 25.2 Å². The Morgan fingerprint density at radius 3 is 2.94 bits per heavy atom. The van der Waals surface area contributed by atoms with Gasteiger partial charge >= 0.3 is 0 Å². The summed E-state index contributed by atoms with van der Waals surface area (Å²) in [7, 11) is 2.06. The molecule has 1 aromatic rings. The second-order valence-corrected chi connectivity index (χ2v) is 5.18. The quantitative estimate of drug-likeness (QED) is 0.848. The molecule has 0 spiro atoms. The number of aromatic nitrogens is 2. The highest BCUT2D eigenvalue weighted by molar-refractivity contribution is 5.22. The summed E-state index contributed by atoms with van der Waals surface area (Å²) in [5.74, 6) is 0.576. The average molecular weight is 221 g/mol. The maximum Gasteiger partial charge on any atom is 0.0527 e. The highest BCUT2D eigenvalue weighted by atomic mass is 15.3. The Labute approximate surface area is 98.2 Å². The Bertz CT molecular complexity index is 335. The Hall–Kier alpha value is -0.830. The van der Waals surface area contributed by atoms with E-state index >= 15 is 0 Å². The molecule has 0 aromatic carbocycles. The molecule has 90 valence electrons. The SMILES string of the molecule is CC(C)c1cnn(C)c1CC1CCCCN1. The Morgan fingerprint density at radius 2 is 2.31 bits per heavy atom. The largest absolute Gasteiger partial charge is 0.314 e. The minimum Gasteiger partial charge on any atom is -0.314 e. The van der Waals surface area contributed by atoms with Gasteiger partial charge in [-0.1, -0.05) is 20.3 Å². The van der Waals surface area contributed by atoms with E-state index in [4.69, 9.17) is 0 Å². The molecule has 2 rings (SSSR count). The van der Waals surface area contributed by atoms with Gasteiger partial charge in [-0.3, -0.25) is 4.68 Å². The first-order valence-corrected chi connectivity index (χ1v) is 6.42. The maximum atomic E-state index is 4.39. The number of hydrogen-bond acceptors (Lipinski definition) is 2. The number of nitrogens with zero attached hydrogens (tertiary/aromatic N) is 2. The van der Waals surface area contributed by atoms with Gasteiger partial charge in [-0.2, -0.15) is 5.10 Å². The summed E-state index contributed by atoms with van der Waals surface area (Å²) in [6, 6.07) is 0.654. The van der Waals surface area contributed by atoms with Crippen molar-refractivity contribution in [2.24, 2.45) is 7.05 Å². The molecule has 0 saturated carbocycles. The minimum atomic E-state index is 0.576. The number of aryl methyl sites for hydroxylation is 1. The molecule has 1 fully saturated rings. The van der Waals surface area contributed by atoms with Crippen LogP contribution in [0, 0.1) is 0 Å². The van der Waals surface area contributed by atoms with Crippen molar-refractivity contribution < 1.29 is 0 Å². The van der Waals surface area contributed by atoms with Crippen LogP contribution in [0.5, 0.6) is 0 Å². The summed E-state index contributed by atoms with van der Waals surface area (Å²) >= 11 is 0. The second kappa shape index (κ2) is 5.00. The molecule has 1 unspecified atom stereocenters. The lowest BCUT2D eigenvalue weighted by Gasteiger charge is -2.24. The molecule has 3 heteroatoms. The van der Waals surface area contributed by atoms with Crippen molar-refractivity contribution in [1.82, 2.24) is 15.1 Å². The van der Waals surface area contributed by atoms with Gasteiger partial charge in [0.1, 0.15) is 0 Å². The van der Waals surface area contributed by atoms with Crippen LogP contribution in [0.4, 0.5) is 0 Å². The monoisotopic (exact) mass is 221 g/mol. The standard InChI is InChI=1S/C13H23N3/c1-10(2)12-9-15-16(3)13(12)8-11-6-4-5-7-14-11/h9-11,14H,4-8H2,1-3H3. The molecule has 1 saturated heterocycles. The molecule has 1 atom stereocenters. The molecule has 1 aliphatic rings. The van der Waals surface area contributed by atoms with Gasteiger partial charge in [0.15, 0.2) is 0 Å². The molecule has 16 heavy (non-hydrogen) atoms. The van der Waals surface area contributed by atoms with Crippen molar-refractivity contribution in [1.29, 1.82) is 0 Å². The normalized spacial score (nSPS) is 21.6. The van der Waals surface area contributed by atoms with Crippen molar-refractivity contribution >= 4 is 0 Å². The van der Waals surface area contributed by atoms with Crippen molar-refractivity contribution in [3.8, 4) is 0 Å². The fourth-order valence-corrected chi connectivity index (χ4v) is 2.54. The third-order valence-corrected chi connectivity index (χ3v) is 3.57. The Morgan fingerprint density at radius 1 is 1.50 bits per heavy atom. The smallest absolute Gasteiger partial charge is 0.0527 e. The lowest BCUT2D eigenvalue weighted by Crippen LogP contribution is -2.36. The number of nitrogens with one attached hydrogen (secondary N) is 1. The molecular formula is C13H23N3. The first-order valence-electron chi connectivity index (χ1n) is 6.42. The first-order chi connectivity index (χ1) is 7.68. The van der Waals surface area contributed by atoms with E-state index in [0.29, 0.717) is 12.0 Å². The predicted octanol–water partition coefficient (Wildman–Crippen LogP) is 2.23. The molecular weight excluding hydrogens is 198 g/mol. The van der Waals surface area contributed by atoms with Crippen molar-refractivity contribution in [3.05, 3.63) is 17.5 Å². The maximum absolute atomic E-state index is 4.39. The zero-order chi connectivity index (χ0) is 11.5. The molecule has 0 bridgehead atoms. The third-order valence-electron chi connectivity index (χ3n) is 3.57. The van der Waals surface area contributed by atoms with Gasteiger partial charge in [-0.25, -0.2) is 0 Å². The van der Waals surface area contributed by atoms with Crippen LogP contribution in [0.1, 0.15) is 50.3 Å². The summed E-state index contributed by atoms with van der Waals surface area (Å²) < 4.78 is 2.05. The Kier molecular flexibility index (Phi) is 3.64. The fourth-order valence-electron chi connectivity index (χ4n) is 2.54. The van der Waals surface area contributed by atoms with Crippen LogP contribution in [0.3, 0.4) is 0 Å². The van der Waals surface area contributed by atoms with Crippen LogP contribution >= 0.6 is 0 Å². The molecule has 2 heterocycles. The van der Waals surface area contributed by atoms with Crippen LogP contribution in [0.15, 0.2) is 6.20 Å². The number of hydrogen-bond donors (Lipinski definition) is 1. The lowest BCUT2D eigenvalue weighted by atomic mass is 9.96. The van der Waals surface area contributed by atoms with Crippen LogP contribution in [0.25, 0.3) is 0 Å². The van der Waals surface area contributed by atoms with E-state index in [0.717, 1.165) is 6.42 Å². The summed E-state index contributed by atoms with van der Waals surface area (Å²) in [4.78, 5) is 0. The van der Waals surface area contributed by atoms with Gasteiger partial charge in [0.2, 0.25) is 0 Å². The summed E-state index contributed by atoms with van der Waals surface area (Å²) in [5.41, 5.74) is 2.82. The van der Waals surface area contributed by atoms with Gasteiger partial charge in [-0.05, 0) is 30.9 Å². The zero-order valence-electron chi connectivity index (χ0n) is 10.7. The van der Waals surface area contributed by atoms with E-state index in [2.05, 4.69) is 31.3 Å². The molecule has 0 amide bonds. The second-order valence-electron chi connectivity index (χ2n) is 5.18. The molecule has 0 radical (unpaired) electrons. The first kappa shape index (κ1) is 11.6. The topological polar surface area (TPSA) is 29.9 Å². The van der Waals surface area contributed by atoms with Crippen LogP contribution in [0.2, 0.25) is 0 Å². The van der Waals surface area contributed by atoms with Crippen molar-refractivity contribution in [2.45, 2.75) is 51.5 Å². The summed E-state index contributed by atoms with van der Waals surface area (Å²) in [6.45, 7) is 5.67. The van der Waals surface area contributed by atoms with Crippen LogP contribution < -0.4 is 5.32 Å². The van der Waals surface area contributed by atoms with Crippen LogP contribution in [-0.2, 0) is 13.5 Å². The van der Waals surface area contributed by atoms with Crippen LogP contribution in [-0.4, -0.2) is 22.4 Å². The van der Waals surface area contributed by atoms with Gasteiger partial charge < -0.3 is 5.32 Å². The minimum absolute atomic E-state index is 0.576. The number of piperidine rings is 1. The van der Waals surface area contributed by atoms with E-state index < -0.39 is 0 Å². The average Bonchev–Trinajstić information content (AvgIpc) is 2.62. The van der Waals surface area contributed by atoms with E-state index in [9.17, 15) is 0 Å². The Balaban J connectivity index is 2.09. The summed E-state index contributed by atoms with van der Waals surface area (Å²) in [6.07, 6.45) is 7.17. The van der Waals surface area contributed by atoms with Gasteiger partial charge in [0.05, 0.1) is 6.20 Å². The molecule has 0 aliphatic carbocycles. The zero-order valence-corrected chi connectivity index (χ0v) is 10.7. The molecule has 1 aromatic heterocycles. The highest BCUT2D eigenvalue weighted by Gasteiger charge is 2.18. The molecule has 1 N–H and O–H groups in total. The third kappa shape index (κ3) is 2.46. The van der Waals surface area contributed by atoms with Gasteiger partial charge in [0.25, 0.3) is 0 Å². The fraction of sp³-hybridized carbons (Fsp3) is 0.769. The van der Waals surface area contributed by atoms with Crippen molar-refractivity contribution in [2.75, 3.05) is 6.54 Å². The summed E-state index contributed by atoms with van der Waals surface area (Å²) in [5, 5.41) is 8.00. The number of rotatable bonds is 3. The lowest BCUT2D eigenvalue weighted by molar-refractivity contribution is 0.392. The molecule has 3 nitrogen and oxygen atoms in total. The predicted molar refractivity (Wildman–Crippen MR) is 66.6 cm³/mol.